The van der Waals surface area contributed by atoms with Gasteiger partial charge in [-0.05, 0) is 63.2 Å². The van der Waals surface area contributed by atoms with Crippen molar-refractivity contribution in [2.75, 3.05) is 0 Å². The molecule has 172 valence electrons. The maximum absolute atomic E-state index is 3.89. The van der Waals surface area contributed by atoms with E-state index >= 15 is 0 Å². The molecule has 0 fully saturated rings. The molecule has 0 aliphatic heterocycles. The highest BCUT2D eigenvalue weighted by Gasteiger charge is 2.38. The van der Waals surface area contributed by atoms with Gasteiger partial charge in [0.2, 0.25) is 0 Å². The van der Waals surface area contributed by atoms with Crippen LogP contribution < -0.4 is 0 Å². The molecular weight excluding hydrogens is 434 g/mol. The van der Waals surface area contributed by atoms with Gasteiger partial charge in [0.1, 0.15) is 0 Å². The molecule has 1 aromatic heterocycles. The van der Waals surface area contributed by atoms with E-state index in [9.17, 15) is 0 Å². The highest BCUT2D eigenvalue weighted by atomic mass is 15.0. The second-order valence-corrected chi connectivity index (χ2v) is 10.3. The molecule has 0 unspecified atom stereocenters. The molecule has 5 aromatic carbocycles. The zero-order valence-electron chi connectivity index (χ0n) is 20.6. The zero-order valence-corrected chi connectivity index (χ0v) is 20.6. The van der Waals surface area contributed by atoms with Gasteiger partial charge in [0.25, 0.3) is 0 Å². The van der Waals surface area contributed by atoms with Crippen molar-refractivity contribution < 1.29 is 0 Å². The third-order valence-corrected chi connectivity index (χ3v) is 7.94. The van der Waals surface area contributed by atoms with Crippen LogP contribution in [0.2, 0.25) is 0 Å². The zero-order chi connectivity index (χ0) is 24.4. The Labute approximate surface area is 212 Å². The van der Waals surface area contributed by atoms with Crippen LogP contribution in [0.4, 0.5) is 0 Å². The molecule has 36 heavy (non-hydrogen) atoms. The normalized spacial score (nSPS) is 13.6. The molecule has 0 saturated carbocycles. The molecule has 7 rings (SSSR count). The molecule has 0 amide bonds. The van der Waals surface area contributed by atoms with E-state index in [1.165, 1.54) is 60.9 Å². The van der Waals surface area contributed by atoms with Gasteiger partial charge in [-0.2, -0.15) is 0 Å². The Balaban J connectivity index is 1.59. The van der Waals surface area contributed by atoms with Crippen molar-refractivity contribution in [2.24, 2.45) is 0 Å². The van der Waals surface area contributed by atoms with Crippen LogP contribution in [-0.4, -0.2) is 4.57 Å². The fourth-order valence-electron chi connectivity index (χ4n) is 6.20. The van der Waals surface area contributed by atoms with Crippen LogP contribution in [0.25, 0.3) is 55.8 Å². The third-order valence-electron chi connectivity index (χ3n) is 7.94. The van der Waals surface area contributed by atoms with E-state index in [2.05, 4.69) is 134 Å². The van der Waals surface area contributed by atoms with Crippen molar-refractivity contribution in [3.63, 3.8) is 0 Å². The maximum Gasteiger partial charge on any atom is 0.0588 e. The Morgan fingerprint density at radius 2 is 1.39 bits per heavy atom. The van der Waals surface area contributed by atoms with Gasteiger partial charge in [0.15, 0.2) is 0 Å². The number of nitrogens with zero attached hydrogens (tertiary/aromatic N) is 1. The molecule has 0 spiro atoms. The highest BCUT2D eigenvalue weighted by Crippen LogP contribution is 2.53. The Hall–Kier alpha value is -4.36. The molecule has 6 aromatic rings. The Morgan fingerprint density at radius 3 is 2.17 bits per heavy atom. The average molecular weight is 462 g/mol. The topological polar surface area (TPSA) is 4.93 Å². The molecular formula is C35H27N. The summed E-state index contributed by atoms with van der Waals surface area (Å²) in [7, 11) is 0. The number of rotatable bonds is 3. The lowest BCUT2D eigenvalue weighted by Crippen LogP contribution is -2.16. The summed E-state index contributed by atoms with van der Waals surface area (Å²) in [5.74, 6) is 0. The lowest BCUT2D eigenvalue weighted by molar-refractivity contribution is 0.664. The molecule has 1 aliphatic rings. The summed E-state index contributed by atoms with van der Waals surface area (Å²) in [6.45, 7) is 8.64. The van der Waals surface area contributed by atoms with Crippen LogP contribution in [0.1, 0.15) is 30.5 Å². The van der Waals surface area contributed by atoms with Gasteiger partial charge >= 0.3 is 0 Å². The number of hydrogen-bond donors (Lipinski definition) is 0. The Kier molecular flexibility index (Phi) is 4.41. The number of benzene rings is 5. The molecule has 1 aliphatic carbocycles. The smallest absolute Gasteiger partial charge is 0.0588 e. The summed E-state index contributed by atoms with van der Waals surface area (Å²) in [5, 5.41) is 2.59. The summed E-state index contributed by atoms with van der Waals surface area (Å²) in [5.41, 5.74) is 12.8. The van der Waals surface area contributed by atoms with Crippen LogP contribution >= 0.6 is 0 Å². The van der Waals surface area contributed by atoms with E-state index in [1.54, 1.807) is 0 Å². The number of para-hydroxylation sites is 1. The standard InChI is InChI=1S/C35H27N/c1-4-23-14-16-24(17-15-23)25-18-21-32-30(22-25)29-20-19-28-27-12-8-9-13-31(27)35(2,3)33(28)34(29)36(32)26-10-6-5-7-11-26/h4-22H,1H2,2-3H3. The number of aromatic nitrogens is 1. The molecule has 0 radical (unpaired) electrons. The van der Waals surface area contributed by atoms with Crippen molar-refractivity contribution in [3.05, 3.63) is 132 Å². The monoisotopic (exact) mass is 461 g/mol. The van der Waals surface area contributed by atoms with Gasteiger partial charge in [0, 0.05) is 21.9 Å². The molecule has 0 saturated heterocycles. The van der Waals surface area contributed by atoms with Crippen molar-refractivity contribution in [2.45, 2.75) is 19.3 Å². The van der Waals surface area contributed by atoms with Crippen molar-refractivity contribution in [1.82, 2.24) is 4.57 Å². The molecule has 0 N–H and O–H groups in total. The van der Waals surface area contributed by atoms with Gasteiger partial charge < -0.3 is 4.57 Å². The highest BCUT2D eigenvalue weighted by molar-refractivity contribution is 6.14. The maximum atomic E-state index is 3.89. The lowest BCUT2D eigenvalue weighted by Gasteiger charge is -2.23. The Bertz CT molecular complexity index is 1800. The van der Waals surface area contributed by atoms with Crippen molar-refractivity contribution in [3.8, 4) is 27.9 Å². The van der Waals surface area contributed by atoms with E-state index in [-0.39, 0.29) is 5.41 Å². The van der Waals surface area contributed by atoms with E-state index < -0.39 is 0 Å². The lowest BCUT2D eigenvalue weighted by atomic mass is 9.81. The molecule has 1 heteroatoms. The minimum atomic E-state index is -0.0876. The molecule has 0 bridgehead atoms. The quantitative estimate of drug-likeness (QED) is 0.247. The first kappa shape index (κ1) is 21.0. The van der Waals surface area contributed by atoms with E-state index in [4.69, 9.17) is 0 Å². The summed E-state index contributed by atoms with van der Waals surface area (Å²) < 4.78 is 2.47. The van der Waals surface area contributed by atoms with Gasteiger partial charge in [-0.25, -0.2) is 0 Å². The van der Waals surface area contributed by atoms with Crippen LogP contribution in [0.3, 0.4) is 0 Å². The number of fused-ring (bicyclic) bond motifs is 7. The van der Waals surface area contributed by atoms with Gasteiger partial charge in [-0.1, -0.05) is 111 Å². The largest absolute Gasteiger partial charge is 0.309 e. The predicted molar refractivity (Wildman–Crippen MR) is 154 cm³/mol. The van der Waals surface area contributed by atoms with Crippen LogP contribution in [0, 0.1) is 0 Å². The van der Waals surface area contributed by atoms with Crippen molar-refractivity contribution >= 4 is 27.9 Å². The van der Waals surface area contributed by atoms with Crippen LogP contribution in [0.5, 0.6) is 0 Å². The minimum Gasteiger partial charge on any atom is -0.309 e. The minimum absolute atomic E-state index is 0.0876. The van der Waals surface area contributed by atoms with Crippen LogP contribution in [-0.2, 0) is 5.41 Å². The molecule has 0 atom stereocenters. The Morgan fingerprint density at radius 1 is 0.667 bits per heavy atom. The number of hydrogen-bond acceptors (Lipinski definition) is 0. The second-order valence-electron chi connectivity index (χ2n) is 10.3. The summed E-state index contributed by atoms with van der Waals surface area (Å²) >= 11 is 0. The summed E-state index contributed by atoms with van der Waals surface area (Å²) in [6, 6.07) is 39.9. The van der Waals surface area contributed by atoms with E-state index in [0.29, 0.717) is 0 Å². The van der Waals surface area contributed by atoms with Crippen LogP contribution in [0.15, 0.2) is 116 Å². The SMILES string of the molecule is C=Cc1ccc(-c2ccc3c(c2)c2ccc4c(c2n3-c2ccccc2)C(C)(C)c2ccccc2-4)cc1. The fraction of sp³-hybridized carbons (Fsp3) is 0.0857. The van der Waals surface area contributed by atoms with Crippen molar-refractivity contribution in [1.29, 1.82) is 0 Å². The summed E-state index contributed by atoms with van der Waals surface area (Å²) in [4.78, 5) is 0. The van der Waals surface area contributed by atoms with Gasteiger partial charge in [-0.3, -0.25) is 0 Å². The second kappa shape index (κ2) is 7.57. The summed E-state index contributed by atoms with van der Waals surface area (Å²) in [6.07, 6.45) is 1.89. The molecule has 1 heterocycles. The predicted octanol–water partition coefficient (Wildman–Crippen LogP) is 9.40. The first-order valence-electron chi connectivity index (χ1n) is 12.6. The fourth-order valence-corrected chi connectivity index (χ4v) is 6.20. The van der Waals surface area contributed by atoms with E-state index in [1.807, 2.05) is 6.08 Å². The average Bonchev–Trinajstić information content (AvgIpc) is 3.38. The van der Waals surface area contributed by atoms with E-state index in [0.717, 1.165) is 5.56 Å². The third kappa shape index (κ3) is 2.83. The van der Waals surface area contributed by atoms with Gasteiger partial charge in [-0.15, -0.1) is 0 Å². The molecule has 1 nitrogen and oxygen atoms in total. The first-order valence-corrected chi connectivity index (χ1v) is 12.6. The van der Waals surface area contributed by atoms with Gasteiger partial charge in [0.05, 0.1) is 11.0 Å². The first-order chi connectivity index (χ1) is 17.6.